The summed E-state index contributed by atoms with van der Waals surface area (Å²) in [4.78, 5) is 14.0. The monoisotopic (exact) mass is 238 g/mol. The average molecular weight is 238 g/mol. The van der Waals surface area contributed by atoms with E-state index in [0.29, 0.717) is 11.8 Å². The van der Waals surface area contributed by atoms with Crippen LogP contribution in [0.15, 0.2) is 0 Å². The van der Waals surface area contributed by atoms with E-state index in [2.05, 4.69) is 0 Å². The molecule has 0 aromatic carbocycles. The Hall–Kier alpha value is -0.570. The third kappa shape index (κ3) is 3.70. The van der Waals surface area contributed by atoms with Gasteiger partial charge < -0.3 is 10.6 Å². The van der Waals surface area contributed by atoms with Crippen molar-refractivity contribution >= 4 is 5.91 Å². The standard InChI is InChI=1S/C14H26N2O/c15-13(12-7-4-5-8-12)11-16-10-6-2-1-3-9-14(16)17/h12-13H,1-11,15H2. The molecule has 2 aliphatic rings. The third-order valence-electron chi connectivity index (χ3n) is 4.36. The minimum Gasteiger partial charge on any atom is -0.341 e. The van der Waals surface area contributed by atoms with E-state index in [9.17, 15) is 4.79 Å². The Morgan fingerprint density at radius 2 is 1.82 bits per heavy atom. The zero-order valence-corrected chi connectivity index (χ0v) is 10.9. The number of likely N-dealkylation sites (tertiary alicyclic amines) is 1. The van der Waals surface area contributed by atoms with Crippen molar-refractivity contribution in [3.63, 3.8) is 0 Å². The van der Waals surface area contributed by atoms with Gasteiger partial charge in [0.25, 0.3) is 0 Å². The summed E-state index contributed by atoms with van der Waals surface area (Å²) in [7, 11) is 0. The molecule has 1 aliphatic carbocycles. The molecule has 1 aliphatic heterocycles. The van der Waals surface area contributed by atoms with Crippen LogP contribution in [0.25, 0.3) is 0 Å². The van der Waals surface area contributed by atoms with E-state index in [1.807, 2.05) is 4.90 Å². The fourth-order valence-corrected chi connectivity index (χ4v) is 3.20. The van der Waals surface area contributed by atoms with E-state index in [1.165, 1.54) is 38.5 Å². The molecule has 1 atom stereocenters. The van der Waals surface area contributed by atoms with Crippen molar-refractivity contribution in [2.24, 2.45) is 11.7 Å². The summed E-state index contributed by atoms with van der Waals surface area (Å²) in [5.41, 5.74) is 6.27. The van der Waals surface area contributed by atoms with Crippen molar-refractivity contribution in [1.29, 1.82) is 0 Å². The molecular weight excluding hydrogens is 212 g/mol. The highest BCUT2D eigenvalue weighted by Crippen LogP contribution is 2.27. The number of nitrogens with zero attached hydrogens (tertiary/aromatic N) is 1. The van der Waals surface area contributed by atoms with Crippen LogP contribution in [0.3, 0.4) is 0 Å². The second-order valence-corrected chi connectivity index (χ2v) is 5.71. The predicted molar refractivity (Wildman–Crippen MR) is 69.6 cm³/mol. The molecule has 0 radical (unpaired) electrons. The summed E-state index contributed by atoms with van der Waals surface area (Å²) < 4.78 is 0. The van der Waals surface area contributed by atoms with Gasteiger partial charge in [-0.25, -0.2) is 0 Å². The molecule has 3 heteroatoms. The molecule has 0 spiro atoms. The fraction of sp³-hybridized carbons (Fsp3) is 0.929. The topological polar surface area (TPSA) is 46.3 Å². The highest BCUT2D eigenvalue weighted by atomic mass is 16.2. The van der Waals surface area contributed by atoms with Crippen molar-refractivity contribution in [1.82, 2.24) is 4.90 Å². The molecule has 1 saturated carbocycles. The van der Waals surface area contributed by atoms with Crippen molar-refractivity contribution in [2.45, 2.75) is 63.8 Å². The highest BCUT2D eigenvalue weighted by molar-refractivity contribution is 5.76. The first-order valence-corrected chi connectivity index (χ1v) is 7.31. The minimum atomic E-state index is 0.209. The van der Waals surface area contributed by atoms with Crippen LogP contribution in [0.1, 0.15) is 57.8 Å². The van der Waals surface area contributed by atoms with E-state index >= 15 is 0 Å². The molecule has 2 fully saturated rings. The van der Waals surface area contributed by atoms with E-state index < -0.39 is 0 Å². The van der Waals surface area contributed by atoms with Crippen molar-refractivity contribution in [3.8, 4) is 0 Å². The maximum Gasteiger partial charge on any atom is 0.222 e. The lowest BCUT2D eigenvalue weighted by atomic mass is 9.98. The fourth-order valence-electron chi connectivity index (χ4n) is 3.20. The van der Waals surface area contributed by atoms with Crippen LogP contribution in [-0.4, -0.2) is 29.9 Å². The second kappa shape index (κ2) is 6.39. The van der Waals surface area contributed by atoms with E-state index in [4.69, 9.17) is 5.73 Å². The van der Waals surface area contributed by atoms with E-state index in [1.54, 1.807) is 0 Å². The van der Waals surface area contributed by atoms with Gasteiger partial charge >= 0.3 is 0 Å². The molecule has 1 saturated heterocycles. The van der Waals surface area contributed by atoms with Gasteiger partial charge in [0, 0.05) is 25.6 Å². The quantitative estimate of drug-likeness (QED) is 0.820. The minimum absolute atomic E-state index is 0.209. The maximum atomic E-state index is 12.0. The molecule has 98 valence electrons. The van der Waals surface area contributed by atoms with Crippen molar-refractivity contribution < 1.29 is 4.79 Å². The Morgan fingerprint density at radius 1 is 1.12 bits per heavy atom. The first-order chi connectivity index (χ1) is 8.27. The lowest BCUT2D eigenvalue weighted by molar-refractivity contribution is -0.132. The highest BCUT2D eigenvalue weighted by Gasteiger charge is 2.25. The SMILES string of the molecule is NC(CN1CCCCCCC1=O)C1CCCC1. The number of hydrogen-bond donors (Lipinski definition) is 1. The largest absolute Gasteiger partial charge is 0.341 e. The van der Waals surface area contributed by atoms with Gasteiger partial charge in [-0.2, -0.15) is 0 Å². The average Bonchev–Trinajstić information content (AvgIpc) is 2.82. The Bertz CT molecular complexity index is 249. The smallest absolute Gasteiger partial charge is 0.222 e. The van der Waals surface area contributed by atoms with Gasteiger partial charge in [0.05, 0.1) is 0 Å². The van der Waals surface area contributed by atoms with Crippen molar-refractivity contribution in [2.75, 3.05) is 13.1 Å². The van der Waals surface area contributed by atoms with Crippen molar-refractivity contribution in [3.05, 3.63) is 0 Å². The lowest BCUT2D eigenvalue weighted by Gasteiger charge is -2.30. The van der Waals surface area contributed by atoms with Gasteiger partial charge in [-0.05, 0) is 31.6 Å². The third-order valence-corrected chi connectivity index (χ3v) is 4.36. The Labute approximate surface area is 105 Å². The van der Waals surface area contributed by atoms with Crippen LogP contribution in [0, 0.1) is 5.92 Å². The van der Waals surface area contributed by atoms with Gasteiger partial charge in [-0.15, -0.1) is 0 Å². The zero-order valence-electron chi connectivity index (χ0n) is 10.9. The number of amides is 1. The van der Waals surface area contributed by atoms with Gasteiger partial charge in [0.1, 0.15) is 0 Å². The molecule has 1 heterocycles. The molecular formula is C14H26N2O. The summed E-state index contributed by atoms with van der Waals surface area (Å²) in [6.45, 7) is 1.72. The Balaban J connectivity index is 1.83. The van der Waals surface area contributed by atoms with Gasteiger partial charge in [0.2, 0.25) is 5.91 Å². The number of nitrogens with two attached hydrogens (primary N) is 1. The molecule has 2 rings (SSSR count). The second-order valence-electron chi connectivity index (χ2n) is 5.71. The molecule has 2 N–H and O–H groups in total. The summed E-state index contributed by atoms with van der Waals surface area (Å²) in [6, 6.07) is 0.209. The maximum absolute atomic E-state index is 12.0. The molecule has 0 aromatic rings. The molecule has 3 nitrogen and oxygen atoms in total. The van der Waals surface area contributed by atoms with Crippen LogP contribution in [0.4, 0.5) is 0 Å². The Morgan fingerprint density at radius 3 is 2.59 bits per heavy atom. The molecule has 1 amide bonds. The Kier molecular flexibility index (Phi) is 4.84. The lowest BCUT2D eigenvalue weighted by Crippen LogP contribution is -2.45. The molecule has 0 bridgehead atoms. The van der Waals surface area contributed by atoms with Gasteiger partial charge in [0.15, 0.2) is 0 Å². The first-order valence-electron chi connectivity index (χ1n) is 7.31. The number of rotatable bonds is 3. The first kappa shape index (κ1) is 12.9. The van der Waals surface area contributed by atoms with Crippen LogP contribution < -0.4 is 5.73 Å². The van der Waals surface area contributed by atoms with Crippen LogP contribution in [0.5, 0.6) is 0 Å². The van der Waals surface area contributed by atoms with Crippen LogP contribution >= 0.6 is 0 Å². The van der Waals surface area contributed by atoms with Gasteiger partial charge in [-0.1, -0.05) is 25.7 Å². The normalized spacial score (nSPS) is 25.7. The van der Waals surface area contributed by atoms with Gasteiger partial charge in [-0.3, -0.25) is 4.79 Å². The molecule has 0 aromatic heterocycles. The number of carbonyl (C=O) groups excluding carboxylic acids is 1. The molecule has 1 unspecified atom stereocenters. The summed E-state index contributed by atoms with van der Waals surface area (Å²) in [6.07, 6.45) is 10.6. The predicted octanol–water partition coefficient (Wildman–Crippen LogP) is 2.30. The summed E-state index contributed by atoms with van der Waals surface area (Å²) in [5, 5.41) is 0. The summed E-state index contributed by atoms with van der Waals surface area (Å²) in [5.74, 6) is 0.992. The molecule has 17 heavy (non-hydrogen) atoms. The van der Waals surface area contributed by atoms with E-state index in [-0.39, 0.29) is 6.04 Å². The number of hydrogen-bond acceptors (Lipinski definition) is 2. The summed E-state index contributed by atoms with van der Waals surface area (Å²) >= 11 is 0. The van der Waals surface area contributed by atoms with Crippen LogP contribution in [0.2, 0.25) is 0 Å². The van der Waals surface area contributed by atoms with E-state index in [0.717, 1.165) is 32.4 Å². The van der Waals surface area contributed by atoms with Crippen LogP contribution in [-0.2, 0) is 4.79 Å². The number of carbonyl (C=O) groups is 1. The zero-order chi connectivity index (χ0) is 12.1.